The first-order chi connectivity index (χ1) is 13.5. The van der Waals surface area contributed by atoms with E-state index < -0.39 is 5.91 Å². The average Bonchev–Trinajstić information content (AvgIpc) is 3.12. The van der Waals surface area contributed by atoms with Gasteiger partial charge < -0.3 is 24.9 Å². The highest BCUT2D eigenvalue weighted by Crippen LogP contribution is 2.31. The summed E-state index contributed by atoms with van der Waals surface area (Å²) in [6.45, 7) is 4.04. The number of nitrogens with one attached hydrogen (secondary N) is 1. The highest BCUT2D eigenvalue weighted by atomic mass is 16.5. The van der Waals surface area contributed by atoms with E-state index in [9.17, 15) is 9.59 Å². The summed E-state index contributed by atoms with van der Waals surface area (Å²) in [5.74, 6) is 0.812. The summed E-state index contributed by atoms with van der Waals surface area (Å²) in [6, 6.07) is 13.7. The van der Waals surface area contributed by atoms with Gasteiger partial charge in [0.15, 0.2) is 17.9 Å². The number of nitrogens with two attached hydrogens (primary N) is 1. The molecule has 0 aliphatic carbocycles. The number of para-hydroxylation sites is 1. The Morgan fingerprint density at radius 2 is 1.93 bits per heavy atom. The Morgan fingerprint density at radius 1 is 1.14 bits per heavy atom. The molecular weight excluding hydrogens is 360 g/mol. The van der Waals surface area contributed by atoms with Crippen LogP contribution in [0, 0.1) is 0 Å². The lowest BCUT2D eigenvalue weighted by molar-refractivity contribution is -0.119. The zero-order valence-corrected chi connectivity index (χ0v) is 15.7. The maximum Gasteiger partial charge on any atom is 0.255 e. The number of furan rings is 1. The minimum Gasteiger partial charge on any atom is -0.490 e. The fraction of sp³-hybridized carbons (Fsp3) is 0.238. The van der Waals surface area contributed by atoms with Gasteiger partial charge in [0.25, 0.3) is 11.8 Å². The molecule has 0 fully saturated rings. The summed E-state index contributed by atoms with van der Waals surface area (Å²) in [5.41, 5.74) is 6.12. The second kappa shape index (κ2) is 8.47. The van der Waals surface area contributed by atoms with E-state index in [0.29, 0.717) is 35.0 Å². The number of hydrogen-bond donors (Lipinski definition) is 2. The van der Waals surface area contributed by atoms with Gasteiger partial charge in [0.2, 0.25) is 0 Å². The van der Waals surface area contributed by atoms with E-state index in [2.05, 4.69) is 5.32 Å². The minimum absolute atomic E-state index is 0.247. The van der Waals surface area contributed by atoms with Crippen molar-refractivity contribution in [3.05, 3.63) is 59.9 Å². The van der Waals surface area contributed by atoms with Gasteiger partial charge in [-0.05, 0) is 44.2 Å². The molecule has 0 radical (unpaired) electrons. The first kappa shape index (κ1) is 19.3. The number of rotatable bonds is 8. The number of amides is 2. The number of carbonyl (C=O) groups excluding carboxylic acids is 2. The van der Waals surface area contributed by atoms with Crippen LogP contribution in [0.25, 0.3) is 11.0 Å². The molecule has 0 saturated carbocycles. The topological polar surface area (TPSA) is 104 Å². The largest absolute Gasteiger partial charge is 0.490 e. The Bertz CT molecular complexity index is 995. The van der Waals surface area contributed by atoms with Crippen LogP contribution in [0.5, 0.6) is 11.5 Å². The van der Waals surface area contributed by atoms with Gasteiger partial charge in [0.05, 0.1) is 12.6 Å². The Hall–Kier alpha value is -3.48. The molecule has 7 heteroatoms. The van der Waals surface area contributed by atoms with E-state index in [0.717, 1.165) is 5.39 Å². The number of fused-ring (bicyclic) bond motifs is 1. The molecular formula is C21H22N2O5. The maximum absolute atomic E-state index is 12.6. The normalized spacial score (nSPS) is 11.8. The third-order valence-corrected chi connectivity index (χ3v) is 4.08. The Labute approximate surface area is 162 Å². The van der Waals surface area contributed by atoms with E-state index in [1.807, 2.05) is 38.1 Å². The van der Waals surface area contributed by atoms with Crippen molar-refractivity contribution in [2.45, 2.75) is 19.9 Å². The Balaban J connectivity index is 1.74. The van der Waals surface area contributed by atoms with E-state index in [4.69, 9.17) is 19.6 Å². The van der Waals surface area contributed by atoms with E-state index in [1.165, 1.54) is 0 Å². The number of carbonyl (C=O) groups is 2. The van der Waals surface area contributed by atoms with Crippen molar-refractivity contribution < 1.29 is 23.5 Å². The molecule has 3 aromatic rings. The molecule has 0 spiro atoms. The molecule has 28 heavy (non-hydrogen) atoms. The Morgan fingerprint density at radius 3 is 2.68 bits per heavy atom. The van der Waals surface area contributed by atoms with Crippen LogP contribution in [0.15, 0.2) is 52.9 Å². The third kappa shape index (κ3) is 4.43. The number of benzene rings is 2. The summed E-state index contributed by atoms with van der Waals surface area (Å²) < 4.78 is 16.7. The van der Waals surface area contributed by atoms with Gasteiger partial charge in [-0.3, -0.25) is 9.59 Å². The highest BCUT2D eigenvalue weighted by molar-refractivity contribution is 5.95. The predicted molar refractivity (Wildman–Crippen MR) is 104 cm³/mol. The van der Waals surface area contributed by atoms with E-state index in [1.54, 1.807) is 24.3 Å². The van der Waals surface area contributed by atoms with Crippen LogP contribution < -0.4 is 20.5 Å². The van der Waals surface area contributed by atoms with Crippen LogP contribution in [0.1, 0.15) is 36.0 Å². The lowest BCUT2D eigenvalue weighted by atomic mass is 10.1. The zero-order chi connectivity index (χ0) is 20.1. The lowest BCUT2D eigenvalue weighted by Crippen LogP contribution is -2.26. The van der Waals surface area contributed by atoms with Gasteiger partial charge in [0, 0.05) is 10.9 Å². The van der Waals surface area contributed by atoms with Crippen LogP contribution >= 0.6 is 0 Å². The first-order valence-corrected chi connectivity index (χ1v) is 8.95. The van der Waals surface area contributed by atoms with Crippen LogP contribution in [-0.2, 0) is 4.79 Å². The fourth-order valence-electron chi connectivity index (χ4n) is 2.77. The molecule has 1 atom stereocenters. The summed E-state index contributed by atoms with van der Waals surface area (Å²) >= 11 is 0. The molecule has 1 unspecified atom stereocenters. The second-order valence-electron chi connectivity index (χ2n) is 6.23. The van der Waals surface area contributed by atoms with Gasteiger partial charge in [0.1, 0.15) is 11.5 Å². The number of ether oxygens (including phenoxy) is 2. The SMILES string of the molecule is CCOc1cccc2cc(C(C)NC(=O)c3cccc(OCC(N)=O)c3)oc12. The second-order valence-corrected chi connectivity index (χ2v) is 6.23. The minimum atomic E-state index is -0.584. The zero-order valence-electron chi connectivity index (χ0n) is 15.7. The maximum atomic E-state index is 12.6. The molecule has 0 aliphatic heterocycles. The van der Waals surface area contributed by atoms with Crippen LogP contribution in [0.3, 0.4) is 0 Å². The lowest BCUT2D eigenvalue weighted by Gasteiger charge is -2.12. The molecule has 3 N–H and O–H groups in total. The van der Waals surface area contributed by atoms with E-state index in [-0.39, 0.29) is 18.6 Å². The van der Waals surface area contributed by atoms with Crippen LogP contribution in [0.2, 0.25) is 0 Å². The van der Waals surface area contributed by atoms with Crippen molar-refractivity contribution in [3.8, 4) is 11.5 Å². The van der Waals surface area contributed by atoms with E-state index >= 15 is 0 Å². The van der Waals surface area contributed by atoms with Gasteiger partial charge in [-0.1, -0.05) is 18.2 Å². The van der Waals surface area contributed by atoms with Crippen molar-refractivity contribution in [2.75, 3.05) is 13.2 Å². The molecule has 3 rings (SSSR count). The summed E-state index contributed by atoms with van der Waals surface area (Å²) in [6.07, 6.45) is 0. The monoisotopic (exact) mass is 382 g/mol. The van der Waals surface area contributed by atoms with Gasteiger partial charge in [-0.25, -0.2) is 0 Å². The number of hydrogen-bond acceptors (Lipinski definition) is 5. The van der Waals surface area contributed by atoms with Crippen LogP contribution in [0.4, 0.5) is 0 Å². The van der Waals surface area contributed by atoms with Crippen molar-refractivity contribution in [2.24, 2.45) is 5.73 Å². The molecule has 146 valence electrons. The molecule has 1 heterocycles. The van der Waals surface area contributed by atoms with Gasteiger partial charge in [-0.15, -0.1) is 0 Å². The third-order valence-electron chi connectivity index (χ3n) is 4.08. The highest BCUT2D eigenvalue weighted by Gasteiger charge is 2.17. The fourth-order valence-corrected chi connectivity index (χ4v) is 2.77. The molecule has 1 aromatic heterocycles. The van der Waals surface area contributed by atoms with Crippen molar-refractivity contribution in [3.63, 3.8) is 0 Å². The van der Waals surface area contributed by atoms with Crippen LogP contribution in [-0.4, -0.2) is 25.0 Å². The van der Waals surface area contributed by atoms with Gasteiger partial charge in [-0.2, -0.15) is 0 Å². The standard InChI is InChI=1S/C21H22N2O5/c1-3-26-17-9-5-6-14-11-18(28-20(14)17)13(2)23-21(25)15-7-4-8-16(10-15)27-12-19(22)24/h4-11,13H,3,12H2,1-2H3,(H2,22,24)(H,23,25). The quantitative estimate of drug-likeness (QED) is 0.623. The molecule has 0 saturated heterocycles. The van der Waals surface area contributed by atoms with Crippen molar-refractivity contribution in [1.82, 2.24) is 5.32 Å². The molecule has 7 nitrogen and oxygen atoms in total. The predicted octanol–water partition coefficient (Wildman–Crippen LogP) is 3.19. The van der Waals surface area contributed by atoms with Crippen molar-refractivity contribution >= 4 is 22.8 Å². The van der Waals surface area contributed by atoms with Crippen molar-refractivity contribution in [1.29, 1.82) is 0 Å². The molecule has 0 aliphatic rings. The number of primary amides is 1. The summed E-state index contributed by atoms with van der Waals surface area (Å²) in [4.78, 5) is 23.4. The smallest absolute Gasteiger partial charge is 0.255 e. The summed E-state index contributed by atoms with van der Waals surface area (Å²) in [7, 11) is 0. The van der Waals surface area contributed by atoms with Gasteiger partial charge >= 0.3 is 0 Å². The molecule has 2 amide bonds. The first-order valence-electron chi connectivity index (χ1n) is 8.95. The molecule has 0 bridgehead atoms. The Kier molecular flexibility index (Phi) is 5.84. The molecule has 2 aromatic carbocycles. The average molecular weight is 382 g/mol. The summed E-state index contributed by atoms with van der Waals surface area (Å²) in [5, 5.41) is 3.80.